The Morgan fingerprint density at radius 3 is 2.58 bits per heavy atom. The maximum Gasteiger partial charge on any atom is 0.248 e. The van der Waals surface area contributed by atoms with Gasteiger partial charge in [0.25, 0.3) is 0 Å². The molecule has 3 heterocycles. The Bertz CT molecular complexity index is 1500. The van der Waals surface area contributed by atoms with E-state index in [-0.39, 0.29) is 31.0 Å². The molecule has 1 fully saturated rings. The van der Waals surface area contributed by atoms with Crippen LogP contribution >= 0.6 is 11.3 Å². The number of nitrogens with one attached hydrogen (secondary N) is 1. The van der Waals surface area contributed by atoms with Crippen molar-refractivity contribution in [3.05, 3.63) is 70.4 Å². The lowest BCUT2D eigenvalue weighted by atomic mass is 10.1. The fraction of sp³-hybridized carbons (Fsp3) is 0.367. The summed E-state index contributed by atoms with van der Waals surface area (Å²) < 4.78 is 21.7. The summed E-state index contributed by atoms with van der Waals surface area (Å²) >= 11 is 1.42. The van der Waals surface area contributed by atoms with Crippen molar-refractivity contribution in [2.45, 2.75) is 38.1 Å². The van der Waals surface area contributed by atoms with Gasteiger partial charge >= 0.3 is 0 Å². The highest BCUT2D eigenvalue weighted by Gasteiger charge is 2.33. The summed E-state index contributed by atoms with van der Waals surface area (Å²) in [5, 5.41) is 17.6. The molecule has 0 spiro atoms. The number of methoxy groups -OCH3 is 3. The highest BCUT2D eigenvalue weighted by atomic mass is 32.1. The van der Waals surface area contributed by atoms with Gasteiger partial charge in [0.05, 0.1) is 27.4 Å². The summed E-state index contributed by atoms with van der Waals surface area (Å²) in [5.74, 6) is 1.47. The Kier molecular flexibility index (Phi) is 9.84. The van der Waals surface area contributed by atoms with E-state index in [4.69, 9.17) is 18.9 Å². The summed E-state index contributed by atoms with van der Waals surface area (Å²) in [7, 11) is 4.70. The minimum Gasteiger partial charge on any atom is -0.497 e. The van der Waals surface area contributed by atoms with Crippen LogP contribution in [0.5, 0.6) is 17.2 Å². The molecule has 226 valence electrons. The molecule has 2 aromatic carbocycles. The molecule has 1 aliphatic rings. The van der Waals surface area contributed by atoms with Gasteiger partial charge < -0.3 is 29.2 Å². The van der Waals surface area contributed by atoms with Crippen LogP contribution < -0.4 is 19.5 Å². The molecule has 2 atom stereocenters. The van der Waals surface area contributed by atoms with Gasteiger partial charge in [-0.3, -0.25) is 9.59 Å². The summed E-state index contributed by atoms with van der Waals surface area (Å²) in [6, 6.07) is 15.5. The highest BCUT2D eigenvalue weighted by Crippen LogP contribution is 2.31. The molecule has 0 aliphatic carbocycles. The maximum atomic E-state index is 14.0. The number of nitrogens with zero attached hydrogens (tertiary/aromatic N) is 5. The Hall–Kier alpha value is -4.49. The topological polar surface area (TPSA) is 130 Å². The van der Waals surface area contributed by atoms with Gasteiger partial charge in [-0.2, -0.15) is 4.80 Å². The van der Waals surface area contributed by atoms with E-state index in [1.54, 1.807) is 44.4 Å². The van der Waals surface area contributed by atoms with E-state index in [1.165, 1.54) is 16.1 Å². The van der Waals surface area contributed by atoms with Crippen molar-refractivity contribution in [1.82, 2.24) is 30.4 Å². The highest BCUT2D eigenvalue weighted by molar-refractivity contribution is 7.10. The van der Waals surface area contributed by atoms with Crippen LogP contribution in [0.4, 0.5) is 0 Å². The molecule has 1 N–H and O–H groups in total. The minimum absolute atomic E-state index is 0.0342. The van der Waals surface area contributed by atoms with Crippen LogP contribution in [0.3, 0.4) is 0 Å². The van der Waals surface area contributed by atoms with Crippen molar-refractivity contribution in [2.24, 2.45) is 0 Å². The predicted octanol–water partition coefficient (Wildman–Crippen LogP) is 3.49. The van der Waals surface area contributed by atoms with E-state index < -0.39 is 6.04 Å². The van der Waals surface area contributed by atoms with E-state index in [0.29, 0.717) is 41.8 Å². The summed E-state index contributed by atoms with van der Waals surface area (Å²) in [6.45, 7) is 1.02. The molecule has 5 rings (SSSR count). The van der Waals surface area contributed by atoms with Gasteiger partial charge in [-0.25, -0.2) is 0 Å². The zero-order chi connectivity index (χ0) is 30.2. The molecular weight excluding hydrogens is 572 g/mol. The van der Waals surface area contributed by atoms with Gasteiger partial charge in [-0.15, -0.1) is 21.5 Å². The SMILES string of the molecule is COc1ccc(CN(C(=O)Cn2nnc(-c3ccc(OC)c(OC)c3)n2)[C@@H](C(=O)NC[C@@H]2CCCO2)c2cccs2)cc1. The third kappa shape index (κ3) is 7.30. The van der Waals surface area contributed by atoms with E-state index in [0.717, 1.165) is 23.3 Å². The van der Waals surface area contributed by atoms with Crippen molar-refractivity contribution in [1.29, 1.82) is 0 Å². The average Bonchev–Trinajstić information content (AvgIpc) is 3.84. The molecule has 0 radical (unpaired) electrons. The number of amides is 2. The van der Waals surface area contributed by atoms with Gasteiger partial charge in [0.2, 0.25) is 17.6 Å². The summed E-state index contributed by atoms with van der Waals surface area (Å²) in [5.41, 5.74) is 1.48. The van der Waals surface area contributed by atoms with Crippen LogP contribution in [-0.4, -0.2) is 77.5 Å². The average molecular weight is 607 g/mol. The first-order valence-electron chi connectivity index (χ1n) is 13.8. The molecule has 1 saturated heterocycles. The van der Waals surface area contributed by atoms with Gasteiger partial charge in [0, 0.05) is 30.1 Å². The smallest absolute Gasteiger partial charge is 0.248 e. The second-order valence-electron chi connectivity index (χ2n) is 9.88. The number of thiophene rings is 1. The van der Waals surface area contributed by atoms with Gasteiger partial charge in [0.15, 0.2) is 11.5 Å². The molecule has 43 heavy (non-hydrogen) atoms. The standard InChI is InChI=1S/C30H34N6O6S/c1-39-22-11-8-20(9-12-22)18-35(28(26-7-5-15-43-26)30(38)31-17-23-6-4-14-42-23)27(37)19-36-33-29(32-34-36)21-10-13-24(40-2)25(16-21)41-3/h5,7-13,15-16,23,28H,4,6,14,17-19H2,1-3H3,(H,31,38)/t23-,28+/m0/s1. The Labute approximate surface area is 253 Å². The summed E-state index contributed by atoms with van der Waals surface area (Å²) in [6.07, 6.45) is 1.82. The second kappa shape index (κ2) is 14.1. The Balaban J connectivity index is 1.41. The minimum atomic E-state index is -0.871. The molecule has 2 amide bonds. The van der Waals surface area contributed by atoms with Crippen molar-refractivity contribution < 1.29 is 28.5 Å². The van der Waals surface area contributed by atoms with E-state index >= 15 is 0 Å². The number of benzene rings is 2. The van der Waals surface area contributed by atoms with E-state index in [9.17, 15) is 9.59 Å². The lowest BCUT2D eigenvalue weighted by molar-refractivity contribution is -0.142. The Morgan fingerprint density at radius 1 is 1.09 bits per heavy atom. The number of hydrogen-bond acceptors (Lipinski definition) is 10. The molecule has 1 aliphatic heterocycles. The van der Waals surface area contributed by atoms with Crippen molar-refractivity contribution in [3.8, 4) is 28.6 Å². The second-order valence-corrected chi connectivity index (χ2v) is 10.9. The number of carbonyl (C=O) groups excluding carboxylic acids is 2. The first kappa shape index (κ1) is 30.0. The predicted molar refractivity (Wildman–Crippen MR) is 159 cm³/mol. The molecule has 0 bridgehead atoms. The van der Waals surface area contributed by atoms with Crippen molar-refractivity contribution in [3.63, 3.8) is 0 Å². The third-order valence-electron chi connectivity index (χ3n) is 7.10. The van der Waals surface area contributed by atoms with Gasteiger partial charge in [-0.05, 0) is 65.4 Å². The summed E-state index contributed by atoms with van der Waals surface area (Å²) in [4.78, 5) is 31.3. The zero-order valence-corrected chi connectivity index (χ0v) is 25.1. The van der Waals surface area contributed by atoms with E-state index in [2.05, 4.69) is 20.7 Å². The normalized spacial score (nSPS) is 15.1. The molecule has 0 unspecified atom stereocenters. The lowest BCUT2D eigenvalue weighted by Gasteiger charge is -2.31. The van der Waals surface area contributed by atoms with E-state index in [1.807, 2.05) is 41.8 Å². The molecule has 13 heteroatoms. The lowest BCUT2D eigenvalue weighted by Crippen LogP contribution is -2.45. The molecule has 4 aromatic rings. The molecule has 2 aromatic heterocycles. The zero-order valence-electron chi connectivity index (χ0n) is 24.3. The number of aromatic nitrogens is 4. The number of rotatable bonds is 13. The first-order chi connectivity index (χ1) is 21.0. The fourth-order valence-corrected chi connectivity index (χ4v) is 5.69. The number of hydrogen-bond donors (Lipinski definition) is 1. The van der Waals surface area contributed by atoms with Crippen molar-refractivity contribution in [2.75, 3.05) is 34.5 Å². The van der Waals surface area contributed by atoms with Crippen LogP contribution in [0.25, 0.3) is 11.4 Å². The van der Waals surface area contributed by atoms with Crippen molar-refractivity contribution >= 4 is 23.2 Å². The number of tetrazole rings is 1. The van der Waals surface area contributed by atoms with Crippen LogP contribution in [0.2, 0.25) is 0 Å². The number of ether oxygens (including phenoxy) is 4. The quantitative estimate of drug-likeness (QED) is 0.243. The molecule has 0 saturated carbocycles. The largest absolute Gasteiger partial charge is 0.497 e. The van der Waals surface area contributed by atoms with Crippen LogP contribution in [0.1, 0.15) is 29.3 Å². The van der Waals surface area contributed by atoms with Crippen LogP contribution in [0, 0.1) is 0 Å². The third-order valence-corrected chi connectivity index (χ3v) is 8.03. The van der Waals surface area contributed by atoms with Crippen LogP contribution in [0.15, 0.2) is 60.0 Å². The molecular formula is C30H34N6O6S. The van der Waals surface area contributed by atoms with Crippen LogP contribution in [-0.2, 0) is 27.4 Å². The van der Waals surface area contributed by atoms with Gasteiger partial charge in [-0.1, -0.05) is 18.2 Å². The maximum absolute atomic E-state index is 14.0. The monoisotopic (exact) mass is 606 g/mol. The number of carbonyl (C=O) groups is 2. The fourth-order valence-electron chi connectivity index (χ4n) is 4.85. The first-order valence-corrected chi connectivity index (χ1v) is 14.7. The Morgan fingerprint density at radius 2 is 1.91 bits per heavy atom. The molecule has 12 nitrogen and oxygen atoms in total. The van der Waals surface area contributed by atoms with Gasteiger partial charge in [0.1, 0.15) is 18.3 Å².